The second-order valence-electron chi connectivity index (χ2n) is 6.97. The number of nitrogens with zero attached hydrogens (tertiary/aromatic N) is 2. The lowest BCUT2D eigenvalue weighted by Gasteiger charge is -2.28. The van der Waals surface area contributed by atoms with Gasteiger partial charge in [0.05, 0.1) is 17.0 Å². The van der Waals surface area contributed by atoms with Crippen molar-refractivity contribution >= 4 is 23.0 Å². The molecular formula is C23H20N4O. The van der Waals surface area contributed by atoms with Crippen molar-refractivity contribution in [3.05, 3.63) is 95.6 Å². The van der Waals surface area contributed by atoms with Gasteiger partial charge in [-0.1, -0.05) is 54.6 Å². The first-order valence-electron chi connectivity index (χ1n) is 9.45. The van der Waals surface area contributed by atoms with Crippen LogP contribution >= 0.6 is 0 Å². The fraction of sp³-hybridized carbons (Fsp3) is 0.130. The molecule has 0 bridgehead atoms. The minimum atomic E-state index is -0.238. The number of hydrogen-bond donors (Lipinski definition) is 2. The molecule has 2 heterocycles. The highest BCUT2D eigenvalue weighted by molar-refractivity contribution is 6.03. The molecule has 5 rings (SSSR count). The Bertz CT molecular complexity index is 1040. The van der Waals surface area contributed by atoms with Crippen LogP contribution in [0.25, 0.3) is 0 Å². The Morgan fingerprint density at radius 2 is 1.61 bits per heavy atom. The van der Waals surface area contributed by atoms with Gasteiger partial charge in [0, 0.05) is 18.7 Å². The van der Waals surface area contributed by atoms with Crippen molar-refractivity contribution in [1.82, 2.24) is 5.32 Å². The zero-order valence-electron chi connectivity index (χ0n) is 15.3. The van der Waals surface area contributed by atoms with Crippen molar-refractivity contribution in [2.24, 2.45) is 5.10 Å². The van der Waals surface area contributed by atoms with E-state index >= 15 is 0 Å². The molecule has 3 aromatic carbocycles. The number of anilines is 2. The van der Waals surface area contributed by atoms with Crippen LogP contribution in [-0.4, -0.2) is 18.2 Å². The Morgan fingerprint density at radius 3 is 2.43 bits per heavy atom. The molecule has 0 spiro atoms. The van der Waals surface area contributed by atoms with Crippen molar-refractivity contribution in [2.45, 2.75) is 12.6 Å². The van der Waals surface area contributed by atoms with Gasteiger partial charge in [0.2, 0.25) is 0 Å². The summed E-state index contributed by atoms with van der Waals surface area (Å²) < 4.78 is 0. The van der Waals surface area contributed by atoms with Crippen LogP contribution in [0.4, 0.5) is 11.4 Å². The number of carbonyl (C=O) groups excluding carboxylic acids is 1. The Balaban J connectivity index is 1.34. The lowest BCUT2D eigenvalue weighted by Crippen LogP contribution is -2.38. The predicted octanol–water partition coefficient (Wildman–Crippen LogP) is 4.16. The minimum Gasteiger partial charge on any atom is -0.361 e. The molecule has 0 aliphatic carbocycles. The minimum absolute atomic E-state index is 0.0555. The van der Waals surface area contributed by atoms with Crippen LogP contribution in [0.3, 0.4) is 0 Å². The van der Waals surface area contributed by atoms with Gasteiger partial charge in [-0.25, -0.2) is 0 Å². The van der Waals surface area contributed by atoms with E-state index in [1.165, 1.54) is 5.56 Å². The van der Waals surface area contributed by atoms with Crippen LogP contribution in [0.15, 0.2) is 84.0 Å². The number of fused-ring (bicyclic) bond motifs is 1. The molecule has 0 aromatic heterocycles. The number of benzene rings is 3. The lowest BCUT2D eigenvalue weighted by molar-refractivity contribution is 0.0935. The van der Waals surface area contributed by atoms with Gasteiger partial charge in [-0.15, -0.1) is 0 Å². The third kappa shape index (κ3) is 3.01. The zero-order chi connectivity index (χ0) is 18.9. The van der Waals surface area contributed by atoms with Gasteiger partial charge in [-0.3, -0.25) is 9.80 Å². The van der Waals surface area contributed by atoms with E-state index in [9.17, 15) is 4.79 Å². The second-order valence-corrected chi connectivity index (χ2v) is 6.97. The summed E-state index contributed by atoms with van der Waals surface area (Å²) in [6, 6.07) is 26.0. The number of nitrogens with one attached hydrogen (secondary N) is 2. The number of carbonyl (C=O) groups is 1. The highest BCUT2D eigenvalue weighted by Gasteiger charge is 2.24. The van der Waals surface area contributed by atoms with Crippen molar-refractivity contribution in [1.29, 1.82) is 0 Å². The molecule has 5 heteroatoms. The maximum Gasteiger partial charge on any atom is 0.255 e. The van der Waals surface area contributed by atoms with E-state index in [1.807, 2.05) is 59.6 Å². The largest absolute Gasteiger partial charge is 0.361 e. The van der Waals surface area contributed by atoms with Gasteiger partial charge in [0.25, 0.3) is 5.91 Å². The van der Waals surface area contributed by atoms with Crippen molar-refractivity contribution in [3.8, 4) is 0 Å². The third-order valence-electron chi connectivity index (χ3n) is 5.18. The summed E-state index contributed by atoms with van der Waals surface area (Å²) in [4.78, 5) is 12.3. The first kappa shape index (κ1) is 16.6. The van der Waals surface area contributed by atoms with Gasteiger partial charge in [0.15, 0.2) is 0 Å². The standard InChI is InChI=1S/C23H20N4O/c28-23-19-8-4-5-9-21(19)24-22(25-23)17-10-12-18(13-11-17)27-15-14-20(26-27)16-6-2-1-3-7-16/h1-13,22,24H,14-15H2,(H,25,28). The molecular weight excluding hydrogens is 348 g/mol. The maximum atomic E-state index is 12.3. The van der Waals surface area contributed by atoms with Crippen LogP contribution in [0, 0.1) is 0 Å². The van der Waals surface area contributed by atoms with Crippen LogP contribution in [-0.2, 0) is 0 Å². The molecule has 138 valence electrons. The first-order valence-corrected chi connectivity index (χ1v) is 9.45. The molecule has 0 saturated heterocycles. The van der Waals surface area contributed by atoms with Crippen LogP contribution in [0.2, 0.25) is 0 Å². The van der Waals surface area contributed by atoms with E-state index in [4.69, 9.17) is 5.10 Å². The Morgan fingerprint density at radius 1 is 0.857 bits per heavy atom. The Hall–Kier alpha value is -3.60. The van der Waals surface area contributed by atoms with E-state index in [-0.39, 0.29) is 12.1 Å². The number of para-hydroxylation sites is 1. The molecule has 5 nitrogen and oxygen atoms in total. The number of hydrogen-bond acceptors (Lipinski definition) is 4. The van der Waals surface area contributed by atoms with Gasteiger partial charge in [0.1, 0.15) is 6.17 Å². The van der Waals surface area contributed by atoms with E-state index in [0.29, 0.717) is 5.56 Å². The van der Waals surface area contributed by atoms with Gasteiger partial charge in [-0.2, -0.15) is 5.10 Å². The monoisotopic (exact) mass is 368 g/mol. The number of rotatable bonds is 3. The predicted molar refractivity (Wildman–Crippen MR) is 112 cm³/mol. The van der Waals surface area contributed by atoms with Gasteiger partial charge < -0.3 is 10.6 Å². The molecule has 0 radical (unpaired) electrons. The normalized spacial score (nSPS) is 18.1. The average molecular weight is 368 g/mol. The van der Waals surface area contributed by atoms with E-state index < -0.39 is 0 Å². The number of amides is 1. The van der Waals surface area contributed by atoms with Crippen molar-refractivity contribution in [3.63, 3.8) is 0 Å². The summed E-state index contributed by atoms with van der Waals surface area (Å²) in [7, 11) is 0. The molecule has 1 amide bonds. The fourth-order valence-corrected chi connectivity index (χ4v) is 3.69. The van der Waals surface area contributed by atoms with Crippen LogP contribution in [0.1, 0.15) is 34.1 Å². The molecule has 28 heavy (non-hydrogen) atoms. The highest BCUT2D eigenvalue weighted by atomic mass is 16.2. The van der Waals surface area contributed by atoms with E-state index in [2.05, 4.69) is 34.9 Å². The zero-order valence-corrected chi connectivity index (χ0v) is 15.3. The molecule has 2 aliphatic rings. The summed E-state index contributed by atoms with van der Waals surface area (Å²) in [5, 5.41) is 13.2. The highest BCUT2D eigenvalue weighted by Crippen LogP contribution is 2.28. The summed E-state index contributed by atoms with van der Waals surface area (Å²) in [5.74, 6) is -0.0555. The summed E-state index contributed by atoms with van der Waals surface area (Å²) in [5.41, 5.74) is 5.89. The van der Waals surface area contributed by atoms with E-state index in [0.717, 1.165) is 35.6 Å². The summed E-state index contributed by atoms with van der Waals surface area (Å²) in [6.07, 6.45) is 0.696. The second kappa shape index (κ2) is 6.85. The topological polar surface area (TPSA) is 56.7 Å². The molecule has 1 atom stereocenters. The molecule has 2 N–H and O–H groups in total. The lowest BCUT2D eigenvalue weighted by atomic mass is 10.1. The third-order valence-corrected chi connectivity index (χ3v) is 5.18. The smallest absolute Gasteiger partial charge is 0.255 e. The van der Waals surface area contributed by atoms with E-state index in [1.54, 1.807) is 0 Å². The van der Waals surface area contributed by atoms with Gasteiger partial charge in [-0.05, 0) is 35.4 Å². The summed E-state index contributed by atoms with van der Waals surface area (Å²) in [6.45, 7) is 0.870. The van der Waals surface area contributed by atoms with Crippen molar-refractivity contribution < 1.29 is 4.79 Å². The van der Waals surface area contributed by atoms with Crippen molar-refractivity contribution in [2.75, 3.05) is 16.9 Å². The summed E-state index contributed by atoms with van der Waals surface area (Å²) >= 11 is 0. The Kier molecular flexibility index (Phi) is 4.05. The number of hydrazone groups is 1. The maximum absolute atomic E-state index is 12.3. The quantitative estimate of drug-likeness (QED) is 0.730. The first-order chi connectivity index (χ1) is 13.8. The SMILES string of the molecule is O=C1NC(c2ccc(N3CCC(c4ccccc4)=N3)cc2)Nc2ccccc21. The van der Waals surface area contributed by atoms with Gasteiger partial charge >= 0.3 is 0 Å². The molecule has 0 saturated carbocycles. The molecule has 0 fully saturated rings. The Labute approximate surface area is 163 Å². The molecule has 2 aliphatic heterocycles. The molecule has 3 aromatic rings. The molecule has 1 unspecified atom stereocenters. The van der Waals surface area contributed by atoms with Crippen LogP contribution in [0.5, 0.6) is 0 Å². The van der Waals surface area contributed by atoms with Crippen LogP contribution < -0.4 is 15.6 Å². The average Bonchev–Trinajstić information content (AvgIpc) is 3.25. The fourth-order valence-electron chi connectivity index (χ4n) is 3.69.